The van der Waals surface area contributed by atoms with Gasteiger partial charge in [-0.15, -0.1) is 0 Å². The van der Waals surface area contributed by atoms with Gasteiger partial charge in [-0.3, -0.25) is 4.79 Å². The molecule has 0 fully saturated rings. The molecule has 1 aliphatic rings. The second-order valence-corrected chi connectivity index (χ2v) is 6.66. The number of allylic oxidation sites excluding steroid dienone is 1. The van der Waals surface area contributed by atoms with Crippen LogP contribution >= 0.6 is 0 Å². The monoisotopic (exact) mass is 390 g/mol. The number of carbonyl (C=O) groups is 1. The van der Waals surface area contributed by atoms with Gasteiger partial charge in [-0.2, -0.15) is 0 Å². The molecular weight excluding hydrogens is 371 g/mol. The van der Waals surface area contributed by atoms with Gasteiger partial charge in [0.05, 0.1) is 12.7 Å². The van der Waals surface area contributed by atoms with Crippen LogP contribution in [0.4, 0.5) is 4.39 Å². The van der Waals surface area contributed by atoms with Gasteiger partial charge in [0.1, 0.15) is 29.7 Å². The van der Waals surface area contributed by atoms with E-state index in [2.05, 4.69) is 0 Å². The summed E-state index contributed by atoms with van der Waals surface area (Å²) in [5, 5.41) is 0. The maximum absolute atomic E-state index is 13.1. The number of benzene rings is 3. The fraction of sp³-hybridized carbons (Fsp3) is 0.125. The lowest BCUT2D eigenvalue weighted by atomic mass is 10.1. The maximum atomic E-state index is 13.1. The van der Waals surface area contributed by atoms with E-state index in [1.807, 2.05) is 31.2 Å². The third-order valence-corrected chi connectivity index (χ3v) is 4.78. The summed E-state index contributed by atoms with van der Waals surface area (Å²) in [6, 6.07) is 17.0. The highest BCUT2D eigenvalue weighted by Gasteiger charge is 2.30. The number of fused-ring (bicyclic) bond motifs is 1. The first-order valence-corrected chi connectivity index (χ1v) is 9.15. The third kappa shape index (κ3) is 3.72. The molecule has 0 unspecified atom stereocenters. The van der Waals surface area contributed by atoms with Crippen LogP contribution < -0.4 is 14.2 Å². The predicted octanol–water partition coefficient (Wildman–Crippen LogP) is 5.34. The van der Waals surface area contributed by atoms with Gasteiger partial charge >= 0.3 is 0 Å². The number of methoxy groups -OCH3 is 1. The van der Waals surface area contributed by atoms with Crippen LogP contribution in [0.2, 0.25) is 0 Å². The predicted molar refractivity (Wildman–Crippen MR) is 108 cm³/mol. The average Bonchev–Trinajstić information content (AvgIpc) is 3.06. The summed E-state index contributed by atoms with van der Waals surface area (Å²) in [6.45, 7) is 2.18. The molecule has 0 N–H and O–H groups in total. The lowest BCUT2D eigenvalue weighted by molar-refractivity contribution is 0.101. The molecule has 4 nitrogen and oxygen atoms in total. The molecule has 0 saturated carbocycles. The van der Waals surface area contributed by atoms with Crippen molar-refractivity contribution in [3.63, 3.8) is 0 Å². The number of carbonyl (C=O) groups excluding carboxylic acids is 1. The summed E-state index contributed by atoms with van der Waals surface area (Å²) >= 11 is 0. The Morgan fingerprint density at radius 2 is 1.76 bits per heavy atom. The lowest BCUT2D eigenvalue weighted by Crippen LogP contribution is -2.00. The summed E-state index contributed by atoms with van der Waals surface area (Å²) < 4.78 is 30.2. The quantitative estimate of drug-likeness (QED) is 0.552. The number of Topliss-reactive ketones (excluding diaryl/α,β-unsaturated/α-hetero) is 1. The first kappa shape index (κ1) is 18.7. The number of ether oxygens (including phenoxy) is 3. The van der Waals surface area contributed by atoms with Crippen molar-refractivity contribution in [1.29, 1.82) is 0 Å². The van der Waals surface area contributed by atoms with E-state index in [-0.39, 0.29) is 17.4 Å². The van der Waals surface area contributed by atoms with Gasteiger partial charge < -0.3 is 14.2 Å². The first-order chi connectivity index (χ1) is 14.1. The van der Waals surface area contributed by atoms with E-state index in [0.29, 0.717) is 29.2 Å². The first-order valence-electron chi connectivity index (χ1n) is 9.15. The number of rotatable bonds is 5. The Morgan fingerprint density at radius 3 is 2.52 bits per heavy atom. The summed E-state index contributed by atoms with van der Waals surface area (Å²) in [7, 11) is 1.62. The van der Waals surface area contributed by atoms with Crippen LogP contribution in [-0.4, -0.2) is 12.9 Å². The second-order valence-electron chi connectivity index (χ2n) is 6.66. The molecule has 0 saturated heterocycles. The van der Waals surface area contributed by atoms with Crippen LogP contribution in [0.1, 0.15) is 27.0 Å². The van der Waals surface area contributed by atoms with E-state index >= 15 is 0 Å². The normalized spacial score (nSPS) is 13.9. The Morgan fingerprint density at radius 1 is 1.00 bits per heavy atom. The zero-order valence-corrected chi connectivity index (χ0v) is 16.1. The molecule has 0 aromatic heterocycles. The highest BCUT2D eigenvalue weighted by Crippen LogP contribution is 2.39. The van der Waals surface area contributed by atoms with Crippen molar-refractivity contribution in [1.82, 2.24) is 0 Å². The van der Waals surface area contributed by atoms with Crippen LogP contribution in [0.5, 0.6) is 17.2 Å². The smallest absolute Gasteiger partial charge is 0.231 e. The summed E-state index contributed by atoms with van der Waals surface area (Å²) in [4.78, 5) is 12.7. The van der Waals surface area contributed by atoms with E-state index in [1.54, 1.807) is 37.5 Å². The highest BCUT2D eigenvalue weighted by atomic mass is 19.1. The van der Waals surface area contributed by atoms with Crippen molar-refractivity contribution in [2.75, 3.05) is 7.11 Å². The molecule has 0 aliphatic carbocycles. The molecule has 0 spiro atoms. The molecule has 146 valence electrons. The summed E-state index contributed by atoms with van der Waals surface area (Å²) in [5.74, 6) is 1.54. The molecule has 4 rings (SSSR count). The maximum Gasteiger partial charge on any atom is 0.231 e. The van der Waals surface area contributed by atoms with Crippen LogP contribution in [0.25, 0.3) is 6.08 Å². The average molecular weight is 390 g/mol. The highest BCUT2D eigenvalue weighted by molar-refractivity contribution is 6.14. The fourth-order valence-electron chi connectivity index (χ4n) is 3.21. The van der Waals surface area contributed by atoms with E-state index in [0.717, 1.165) is 16.9 Å². The van der Waals surface area contributed by atoms with E-state index in [1.165, 1.54) is 12.1 Å². The van der Waals surface area contributed by atoms with Crippen molar-refractivity contribution >= 4 is 11.9 Å². The molecule has 5 heteroatoms. The molecular formula is C24H19FO4. The Bertz CT molecular complexity index is 1100. The zero-order chi connectivity index (χ0) is 20.4. The van der Waals surface area contributed by atoms with Gasteiger partial charge in [-0.1, -0.05) is 30.3 Å². The Kier molecular flexibility index (Phi) is 5.04. The van der Waals surface area contributed by atoms with Crippen molar-refractivity contribution in [3.05, 3.63) is 94.5 Å². The molecule has 3 aromatic carbocycles. The van der Waals surface area contributed by atoms with E-state index in [9.17, 15) is 9.18 Å². The molecule has 0 radical (unpaired) electrons. The van der Waals surface area contributed by atoms with E-state index < -0.39 is 0 Å². The largest absolute Gasteiger partial charge is 0.496 e. The van der Waals surface area contributed by atoms with Gasteiger partial charge in [0.25, 0.3) is 0 Å². The molecule has 1 aliphatic heterocycles. The summed E-state index contributed by atoms with van der Waals surface area (Å²) in [5.41, 5.74) is 2.84. The molecule has 0 bridgehead atoms. The van der Waals surface area contributed by atoms with Gasteiger partial charge in [0.2, 0.25) is 5.78 Å². The number of ketones is 1. The lowest BCUT2D eigenvalue weighted by Gasteiger charge is -2.13. The fourth-order valence-corrected chi connectivity index (χ4v) is 3.21. The van der Waals surface area contributed by atoms with Crippen molar-refractivity contribution in [2.45, 2.75) is 13.5 Å². The van der Waals surface area contributed by atoms with Crippen molar-refractivity contribution in [2.24, 2.45) is 0 Å². The van der Waals surface area contributed by atoms with Gasteiger partial charge in [-0.05, 0) is 48.9 Å². The molecule has 0 atom stereocenters. The minimum absolute atomic E-state index is 0.205. The van der Waals surface area contributed by atoms with Crippen LogP contribution in [0.15, 0.2) is 66.4 Å². The number of hydrogen-bond acceptors (Lipinski definition) is 4. The Hall–Kier alpha value is -3.60. The molecule has 0 amide bonds. The zero-order valence-electron chi connectivity index (χ0n) is 16.1. The minimum Gasteiger partial charge on any atom is -0.496 e. The van der Waals surface area contributed by atoms with Crippen molar-refractivity contribution < 1.29 is 23.4 Å². The topological polar surface area (TPSA) is 44.8 Å². The number of para-hydroxylation sites is 1. The number of hydrogen-bond donors (Lipinski definition) is 0. The Balaban J connectivity index is 1.57. The third-order valence-electron chi connectivity index (χ3n) is 4.78. The minimum atomic E-state index is -0.332. The van der Waals surface area contributed by atoms with Crippen LogP contribution in [0.3, 0.4) is 0 Å². The van der Waals surface area contributed by atoms with Gasteiger partial charge in [-0.25, -0.2) is 4.39 Å². The van der Waals surface area contributed by atoms with Gasteiger partial charge in [0, 0.05) is 11.1 Å². The second kappa shape index (κ2) is 7.80. The molecule has 29 heavy (non-hydrogen) atoms. The van der Waals surface area contributed by atoms with Crippen molar-refractivity contribution in [3.8, 4) is 17.2 Å². The van der Waals surface area contributed by atoms with Crippen LogP contribution in [0, 0.1) is 12.7 Å². The Labute approximate surface area is 168 Å². The standard InChI is InChI=1S/C24H19FO4/c1-15-20(28-14-17-5-3-4-6-21(17)27-2)12-11-19-23(26)22(29-24(15)19)13-16-7-9-18(25)10-8-16/h3-13H,14H2,1-2H3/b22-13-. The molecule has 3 aromatic rings. The number of halogens is 1. The van der Waals surface area contributed by atoms with Crippen LogP contribution in [-0.2, 0) is 6.61 Å². The summed E-state index contributed by atoms with van der Waals surface area (Å²) in [6.07, 6.45) is 1.61. The van der Waals surface area contributed by atoms with Gasteiger partial charge in [0.15, 0.2) is 5.76 Å². The van der Waals surface area contributed by atoms with E-state index in [4.69, 9.17) is 14.2 Å². The molecule has 1 heterocycles. The SMILES string of the molecule is COc1ccccc1COc1ccc2c(c1C)O/C(=C\c1ccc(F)cc1)C2=O.